The van der Waals surface area contributed by atoms with Crippen LogP contribution in [0.15, 0.2) is 48.7 Å². The minimum atomic E-state index is 0.0432. The van der Waals surface area contributed by atoms with Crippen molar-refractivity contribution < 1.29 is 4.79 Å². The number of benzene rings is 1. The van der Waals surface area contributed by atoms with E-state index in [4.69, 9.17) is 0 Å². The molecule has 3 saturated heterocycles. The molecule has 3 aliphatic heterocycles. The van der Waals surface area contributed by atoms with E-state index in [1.54, 1.807) is 18.3 Å². The minimum Gasteiger partial charge on any atom is -0.337 e. The van der Waals surface area contributed by atoms with Crippen molar-refractivity contribution in [3.05, 3.63) is 59.9 Å². The molecule has 0 saturated carbocycles. The fraction of sp³-hybridized carbons (Fsp3) is 0.500. The lowest BCUT2D eigenvalue weighted by Crippen LogP contribution is -2.60. The minimum absolute atomic E-state index is 0.0432. The summed E-state index contributed by atoms with van der Waals surface area (Å²) in [6.45, 7) is 2.80. The van der Waals surface area contributed by atoms with Crippen molar-refractivity contribution >= 4 is 5.91 Å². The predicted molar refractivity (Wildman–Crippen MR) is 103 cm³/mol. The largest absolute Gasteiger partial charge is 0.337 e. The van der Waals surface area contributed by atoms with Crippen molar-refractivity contribution in [2.45, 2.75) is 37.8 Å². The third kappa shape index (κ3) is 3.14. The molecule has 2 aromatic rings. The molecule has 0 N–H and O–H groups in total. The third-order valence-electron chi connectivity index (χ3n) is 6.65. The van der Waals surface area contributed by atoms with Gasteiger partial charge >= 0.3 is 0 Å². The first-order chi connectivity index (χ1) is 13.3. The quantitative estimate of drug-likeness (QED) is 0.823. The molecule has 3 fully saturated rings. The number of fused-ring (bicyclic) bond motifs is 4. The molecule has 1 aromatic heterocycles. The summed E-state index contributed by atoms with van der Waals surface area (Å²) in [7, 11) is 0. The first-order valence-corrected chi connectivity index (χ1v) is 10.2. The first kappa shape index (κ1) is 16.9. The SMILES string of the molecule is O=C(c1cccnn1)N1C[C@@H]2C[C@H](C1)[C@@H]1CCC[C@H](c3ccccc3)N1C2. The van der Waals surface area contributed by atoms with Crippen molar-refractivity contribution in [3.63, 3.8) is 0 Å². The first-order valence-electron chi connectivity index (χ1n) is 10.2. The van der Waals surface area contributed by atoms with Crippen LogP contribution in [0.1, 0.15) is 47.8 Å². The number of piperidine rings is 3. The monoisotopic (exact) mass is 362 g/mol. The second-order valence-corrected chi connectivity index (χ2v) is 8.30. The maximum Gasteiger partial charge on any atom is 0.274 e. The van der Waals surface area contributed by atoms with Crippen LogP contribution in [0.25, 0.3) is 0 Å². The highest BCUT2D eigenvalue weighted by Crippen LogP contribution is 2.44. The van der Waals surface area contributed by atoms with Gasteiger partial charge in [-0.15, -0.1) is 5.10 Å². The van der Waals surface area contributed by atoms with Crippen LogP contribution in [0.5, 0.6) is 0 Å². The molecule has 2 bridgehead atoms. The number of carbonyl (C=O) groups is 1. The zero-order valence-corrected chi connectivity index (χ0v) is 15.6. The summed E-state index contributed by atoms with van der Waals surface area (Å²) >= 11 is 0. The summed E-state index contributed by atoms with van der Waals surface area (Å²) in [5.41, 5.74) is 1.93. The molecule has 5 rings (SSSR count). The van der Waals surface area contributed by atoms with Crippen LogP contribution in [0.4, 0.5) is 0 Å². The van der Waals surface area contributed by atoms with Gasteiger partial charge in [-0.3, -0.25) is 9.69 Å². The summed E-state index contributed by atoms with van der Waals surface area (Å²) in [5, 5.41) is 7.91. The second kappa shape index (κ2) is 7.04. The maximum absolute atomic E-state index is 12.9. The van der Waals surface area contributed by atoms with Crippen molar-refractivity contribution in [3.8, 4) is 0 Å². The number of hydrogen-bond acceptors (Lipinski definition) is 4. The standard InChI is InChI=1S/C22H26N4O/c27-22(19-8-5-11-23-24-19)25-13-16-12-18(15-25)21-10-4-9-20(26(21)14-16)17-6-2-1-3-7-17/h1-3,5-8,11,16,18,20-21H,4,9-10,12-15H2/t16-,18+,20+,21-/m0/s1. The van der Waals surface area contributed by atoms with E-state index in [1.165, 1.54) is 31.2 Å². The van der Waals surface area contributed by atoms with Crippen LogP contribution in [0, 0.1) is 11.8 Å². The molecule has 1 aromatic carbocycles. The van der Waals surface area contributed by atoms with Gasteiger partial charge in [-0.1, -0.05) is 30.3 Å². The summed E-state index contributed by atoms with van der Waals surface area (Å²) in [5.74, 6) is 1.18. The van der Waals surface area contributed by atoms with Crippen molar-refractivity contribution in [1.82, 2.24) is 20.0 Å². The Labute approximate surface area is 160 Å². The Morgan fingerprint density at radius 1 is 1.00 bits per heavy atom. The molecule has 27 heavy (non-hydrogen) atoms. The van der Waals surface area contributed by atoms with Crippen LogP contribution < -0.4 is 0 Å². The molecule has 1 amide bonds. The smallest absolute Gasteiger partial charge is 0.274 e. The number of carbonyl (C=O) groups excluding carboxylic acids is 1. The summed E-state index contributed by atoms with van der Waals surface area (Å²) in [6, 6.07) is 15.7. The van der Waals surface area contributed by atoms with Gasteiger partial charge in [0.15, 0.2) is 5.69 Å². The number of rotatable bonds is 2. The Morgan fingerprint density at radius 3 is 2.70 bits per heavy atom. The fourth-order valence-electron chi connectivity index (χ4n) is 5.58. The molecular weight excluding hydrogens is 336 g/mol. The van der Waals surface area contributed by atoms with E-state index in [1.807, 2.05) is 4.90 Å². The summed E-state index contributed by atoms with van der Waals surface area (Å²) < 4.78 is 0. The van der Waals surface area contributed by atoms with E-state index in [9.17, 15) is 4.79 Å². The lowest BCUT2D eigenvalue weighted by Gasteiger charge is -2.55. The molecule has 0 radical (unpaired) electrons. The Kier molecular flexibility index (Phi) is 4.40. The van der Waals surface area contributed by atoms with Gasteiger partial charge < -0.3 is 4.90 Å². The average Bonchev–Trinajstić information content (AvgIpc) is 2.74. The van der Waals surface area contributed by atoms with Crippen LogP contribution >= 0.6 is 0 Å². The molecule has 3 aliphatic rings. The molecular formula is C22H26N4O. The molecule has 4 atom stereocenters. The van der Waals surface area contributed by atoms with Crippen molar-refractivity contribution in [1.29, 1.82) is 0 Å². The average molecular weight is 362 g/mol. The van der Waals surface area contributed by atoms with E-state index < -0.39 is 0 Å². The van der Waals surface area contributed by atoms with Crippen LogP contribution in [-0.4, -0.2) is 51.6 Å². The van der Waals surface area contributed by atoms with Gasteiger partial charge in [0.05, 0.1) is 0 Å². The van der Waals surface area contributed by atoms with Gasteiger partial charge in [0.25, 0.3) is 5.91 Å². The van der Waals surface area contributed by atoms with E-state index >= 15 is 0 Å². The Morgan fingerprint density at radius 2 is 1.89 bits per heavy atom. The molecule has 0 aliphatic carbocycles. The Balaban J connectivity index is 1.36. The fourth-order valence-corrected chi connectivity index (χ4v) is 5.58. The molecule has 0 unspecified atom stereocenters. The van der Waals surface area contributed by atoms with E-state index in [0.717, 1.165) is 19.6 Å². The molecule has 5 nitrogen and oxygen atoms in total. The molecule has 0 spiro atoms. The van der Waals surface area contributed by atoms with Crippen molar-refractivity contribution in [2.75, 3.05) is 19.6 Å². The normalized spacial score (nSPS) is 30.6. The van der Waals surface area contributed by atoms with Gasteiger partial charge in [-0.2, -0.15) is 5.10 Å². The number of likely N-dealkylation sites (tertiary alicyclic amines) is 1. The molecule has 4 heterocycles. The highest BCUT2D eigenvalue weighted by molar-refractivity contribution is 5.92. The summed E-state index contributed by atoms with van der Waals surface area (Å²) in [4.78, 5) is 17.7. The van der Waals surface area contributed by atoms with Crippen LogP contribution in [0.3, 0.4) is 0 Å². The molecule has 140 valence electrons. The van der Waals surface area contributed by atoms with E-state index in [2.05, 4.69) is 45.4 Å². The number of amides is 1. The van der Waals surface area contributed by atoms with Gasteiger partial charge in [0.1, 0.15) is 0 Å². The van der Waals surface area contributed by atoms with Crippen molar-refractivity contribution in [2.24, 2.45) is 11.8 Å². The Hall–Kier alpha value is -2.27. The van der Waals surface area contributed by atoms with Gasteiger partial charge in [0.2, 0.25) is 0 Å². The highest BCUT2D eigenvalue weighted by Gasteiger charge is 2.45. The third-order valence-corrected chi connectivity index (χ3v) is 6.65. The highest BCUT2D eigenvalue weighted by atomic mass is 16.2. The van der Waals surface area contributed by atoms with Gasteiger partial charge in [-0.05, 0) is 55.2 Å². The zero-order valence-electron chi connectivity index (χ0n) is 15.6. The number of hydrogen-bond donors (Lipinski definition) is 0. The van der Waals surface area contributed by atoms with E-state index in [-0.39, 0.29) is 5.91 Å². The maximum atomic E-state index is 12.9. The molecule has 5 heteroatoms. The second-order valence-electron chi connectivity index (χ2n) is 8.30. The summed E-state index contributed by atoms with van der Waals surface area (Å²) in [6.07, 6.45) is 6.66. The number of aromatic nitrogens is 2. The lowest BCUT2D eigenvalue weighted by atomic mass is 9.74. The number of nitrogens with zero attached hydrogens (tertiary/aromatic N) is 4. The topological polar surface area (TPSA) is 49.3 Å². The zero-order chi connectivity index (χ0) is 18.2. The Bertz CT molecular complexity index is 796. The van der Waals surface area contributed by atoms with Gasteiger partial charge in [0, 0.05) is 37.9 Å². The van der Waals surface area contributed by atoms with Crippen LogP contribution in [-0.2, 0) is 0 Å². The van der Waals surface area contributed by atoms with Gasteiger partial charge in [-0.25, -0.2) is 0 Å². The van der Waals surface area contributed by atoms with E-state index in [0.29, 0.717) is 29.6 Å². The predicted octanol–water partition coefficient (Wildman–Crippen LogP) is 3.16. The van der Waals surface area contributed by atoms with Crippen LogP contribution in [0.2, 0.25) is 0 Å². The lowest BCUT2D eigenvalue weighted by molar-refractivity contribution is -0.0512.